The molecule has 0 fully saturated rings. The van der Waals surface area contributed by atoms with Crippen LogP contribution in [0.25, 0.3) is 0 Å². The van der Waals surface area contributed by atoms with Crippen molar-refractivity contribution in [2.45, 2.75) is 290 Å². The predicted molar refractivity (Wildman–Crippen MR) is 320 cm³/mol. The SMILES string of the molecule is CC/C=C\C/C=C\C/C=C\C/C=C\C/C=C\CCCCCCCCCC(=O)OCC(COC(=O)CCCCCCC/C=C\C/C=C\C/C=C\CC)OC(=O)CCCCCCCCC/C=C\CCCCCCCCC. The van der Waals surface area contributed by atoms with Crippen molar-refractivity contribution in [1.29, 1.82) is 0 Å². The van der Waals surface area contributed by atoms with Gasteiger partial charge in [0.1, 0.15) is 13.2 Å². The molecule has 74 heavy (non-hydrogen) atoms. The number of hydrogen-bond acceptors (Lipinski definition) is 6. The minimum Gasteiger partial charge on any atom is -0.462 e. The van der Waals surface area contributed by atoms with Gasteiger partial charge in [0.25, 0.3) is 0 Å². The molecular formula is C68H114O6. The standard InChI is InChI=1S/C68H114O6/c1-4-7-10-13-16-19-22-25-28-30-32-33-34-35-36-38-40-43-46-49-52-55-58-61-67(70)73-64-65(63-72-66(69)60-57-54-51-48-45-42-39-27-24-21-18-15-12-9-6-3)74-68(71)62-59-56-53-50-47-44-41-37-31-29-26-23-20-17-14-11-8-5-2/h7,9-10,12,16,18-19,21,25,27-29,31-33,35-36,39,65H,4-6,8,11,13-15,17,20,22-24,26,30,34,37-38,40-64H2,1-3H3/b10-7-,12-9-,19-16-,21-18-,28-25-,31-29-,33-32-,36-35-,39-27-. The van der Waals surface area contributed by atoms with Crippen molar-refractivity contribution in [1.82, 2.24) is 0 Å². The molecule has 0 spiro atoms. The zero-order valence-electron chi connectivity index (χ0n) is 48.3. The Kier molecular flexibility index (Phi) is 58.3. The Balaban J connectivity index is 4.42. The molecule has 0 rings (SSSR count). The summed E-state index contributed by atoms with van der Waals surface area (Å²) >= 11 is 0. The molecule has 0 amide bonds. The second-order valence-electron chi connectivity index (χ2n) is 20.2. The van der Waals surface area contributed by atoms with Crippen LogP contribution in [0, 0.1) is 0 Å². The molecule has 0 aliphatic carbocycles. The van der Waals surface area contributed by atoms with Gasteiger partial charge in [0, 0.05) is 19.3 Å². The Morgan fingerprint density at radius 2 is 0.527 bits per heavy atom. The summed E-state index contributed by atoms with van der Waals surface area (Å²) in [5, 5.41) is 0. The average Bonchev–Trinajstić information content (AvgIpc) is 3.40. The Morgan fingerprint density at radius 3 is 0.838 bits per heavy atom. The van der Waals surface area contributed by atoms with Gasteiger partial charge in [-0.1, -0.05) is 252 Å². The first-order valence-electron chi connectivity index (χ1n) is 30.9. The molecule has 0 aromatic rings. The van der Waals surface area contributed by atoms with Crippen molar-refractivity contribution in [3.8, 4) is 0 Å². The van der Waals surface area contributed by atoms with E-state index in [1.807, 2.05) is 0 Å². The van der Waals surface area contributed by atoms with E-state index in [4.69, 9.17) is 14.2 Å². The predicted octanol–water partition coefficient (Wildman–Crippen LogP) is 21.0. The van der Waals surface area contributed by atoms with Crippen molar-refractivity contribution < 1.29 is 28.6 Å². The maximum absolute atomic E-state index is 12.9. The first-order chi connectivity index (χ1) is 36.5. The molecule has 0 saturated heterocycles. The molecule has 0 radical (unpaired) electrons. The summed E-state index contributed by atoms with van der Waals surface area (Å²) in [5.41, 5.74) is 0. The van der Waals surface area contributed by atoms with Gasteiger partial charge in [-0.25, -0.2) is 0 Å². The maximum atomic E-state index is 12.9. The van der Waals surface area contributed by atoms with Crippen molar-refractivity contribution in [3.63, 3.8) is 0 Å². The Labute approximate surface area is 457 Å². The van der Waals surface area contributed by atoms with E-state index in [0.717, 1.165) is 135 Å². The number of carbonyl (C=O) groups excluding carboxylic acids is 3. The Morgan fingerprint density at radius 1 is 0.284 bits per heavy atom. The first kappa shape index (κ1) is 70.1. The van der Waals surface area contributed by atoms with Gasteiger partial charge in [-0.2, -0.15) is 0 Å². The number of allylic oxidation sites excluding steroid dienone is 18. The largest absolute Gasteiger partial charge is 0.462 e. The van der Waals surface area contributed by atoms with Gasteiger partial charge >= 0.3 is 17.9 Å². The lowest BCUT2D eigenvalue weighted by Gasteiger charge is -2.18. The van der Waals surface area contributed by atoms with Gasteiger partial charge in [-0.15, -0.1) is 0 Å². The first-order valence-corrected chi connectivity index (χ1v) is 30.9. The molecule has 0 heterocycles. The van der Waals surface area contributed by atoms with E-state index in [1.54, 1.807) is 0 Å². The molecular weight excluding hydrogens is 913 g/mol. The smallest absolute Gasteiger partial charge is 0.306 e. The van der Waals surface area contributed by atoms with Gasteiger partial charge in [-0.3, -0.25) is 14.4 Å². The third-order valence-electron chi connectivity index (χ3n) is 13.0. The maximum Gasteiger partial charge on any atom is 0.306 e. The molecule has 0 aliphatic rings. The second kappa shape index (κ2) is 61.6. The number of ether oxygens (including phenoxy) is 3. The Bertz CT molecular complexity index is 1510. The van der Waals surface area contributed by atoms with Gasteiger partial charge in [0.15, 0.2) is 6.10 Å². The van der Waals surface area contributed by atoms with E-state index in [9.17, 15) is 14.4 Å². The van der Waals surface area contributed by atoms with Crippen LogP contribution >= 0.6 is 0 Å². The number of esters is 3. The van der Waals surface area contributed by atoms with Crippen molar-refractivity contribution in [2.24, 2.45) is 0 Å². The van der Waals surface area contributed by atoms with E-state index in [-0.39, 0.29) is 31.1 Å². The van der Waals surface area contributed by atoms with Gasteiger partial charge in [-0.05, 0) is 122 Å². The van der Waals surface area contributed by atoms with Crippen LogP contribution in [0.15, 0.2) is 109 Å². The van der Waals surface area contributed by atoms with Crippen LogP contribution in [-0.2, 0) is 28.6 Å². The average molecular weight is 1030 g/mol. The number of unbranched alkanes of at least 4 members (excludes halogenated alkanes) is 26. The normalized spacial score (nSPS) is 12.9. The van der Waals surface area contributed by atoms with Crippen LogP contribution in [0.1, 0.15) is 284 Å². The van der Waals surface area contributed by atoms with Crippen LogP contribution in [0.2, 0.25) is 0 Å². The monoisotopic (exact) mass is 1030 g/mol. The summed E-state index contributed by atoms with van der Waals surface area (Å²) < 4.78 is 16.9. The fraction of sp³-hybridized carbons (Fsp3) is 0.691. The number of hydrogen-bond donors (Lipinski definition) is 0. The van der Waals surface area contributed by atoms with Gasteiger partial charge < -0.3 is 14.2 Å². The highest BCUT2D eigenvalue weighted by Gasteiger charge is 2.19. The Hall–Kier alpha value is -3.93. The van der Waals surface area contributed by atoms with Gasteiger partial charge in [0.2, 0.25) is 0 Å². The minimum absolute atomic E-state index is 0.0922. The highest BCUT2D eigenvalue weighted by atomic mass is 16.6. The van der Waals surface area contributed by atoms with E-state index in [0.29, 0.717) is 19.3 Å². The molecule has 0 aliphatic heterocycles. The lowest BCUT2D eigenvalue weighted by Crippen LogP contribution is -2.30. The summed E-state index contributed by atoms with van der Waals surface area (Å²) in [6, 6.07) is 0. The van der Waals surface area contributed by atoms with E-state index < -0.39 is 6.10 Å². The van der Waals surface area contributed by atoms with E-state index >= 15 is 0 Å². The number of rotatable bonds is 55. The van der Waals surface area contributed by atoms with E-state index in [2.05, 4.69) is 130 Å². The zero-order chi connectivity index (χ0) is 53.6. The molecule has 0 aromatic carbocycles. The van der Waals surface area contributed by atoms with Crippen molar-refractivity contribution >= 4 is 17.9 Å². The highest BCUT2D eigenvalue weighted by Crippen LogP contribution is 2.15. The quantitative estimate of drug-likeness (QED) is 0.0261. The molecule has 0 aromatic heterocycles. The summed E-state index contributed by atoms with van der Waals surface area (Å²) in [6.07, 6.45) is 83.7. The summed E-state index contributed by atoms with van der Waals surface area (Å²) in [5.74, 6) is -0.918. The van der Waals surface area contributed by atoms with Crippen molar-refractivity contribution in [3.05, 3.63) is 109 Å². The minimum atomic E-state index is -0.795. The topological polar surface area (TPSA) is 78.9 Å². The van der Waals surface area contributed by atoms with Gasteiger partial charge in [0.05, 0.1) is 0 Å². The summed E-state index contributed by atoms with van der Waals surface area (Å²) in [7, 11) is 0. The second-order valence-corrected chi connectivity index (χ2v) is 20.2. The molecule has 0 bridgehead atoms. The highest BCUT2D eigenvalue weighted by molar-refractivity contribution is 5.71. The van der Waals surface area contributed by atoms with E-state index in [1.165, 1.54) is 109 Å². The lowest BCUT2D eigenvalue weighted by molar-refractivity contribution is -0.167. The van der Waals surface area contributed by atoms with Crippen LogP contribution in [0.4, 0.5) is 0 Å². The molecule has 1 unspecified atom stereocenters. The molecule has 6 heteroatoms. The third kappa shape index (κ3) is 59.0. The molecule has 6 nitrogen and oxygen atoms in total. The summed E-state index contributed by atoms with van der Waals surface area (Å²) in [4.78, 5) is 38.3. The lowest BCUT2D eigenvalue weighted by atomic mass is 10.1. The van der Waals surface area contributed by atoms with Crippen LogP contribution < -0.4 is 0 Å². The fourth-order valence-corrected chi connectivity index (χ4v) is 8.42. The van der Waals surface area contributed by atoms with Crippen molar-refractivity contribution in [2.75, 3.05) is 13.2 Å². The third-order valence-corrected chi connectivity index (χ3v) is 13.0. The summed E-state index contributed by atoms with van der Waals surface area (Å²) in [6.45, 7) is 6.40. The molecule has 422 valence electrons. The van der Waals surface area contributed by atoms with Crippen LogP contribution in [-0.4, -0.2) is 37.2 Å². The van der Waals surface area contributed by atoms with Crippen LogP contribution in [0.5, 0.6) is 0 Å². The molecule has 1 atom stereocenters. The fourth-order valence-electron chi connectivity index (χ4n) is 8.42. The molecule has 0 N–H and O–H groups in total. The van der Waals surface area contributed by atoms with Crippen LogP contribution in [0.3, 0.4) is 0 Å². The molecule has 0 saturated carbocycles. The number of carbonyl (C=O) groups is 3. The zero-order valence-corrected chi connectivity index (χ0v) is 48.3.